The maximum atomic E-state index is 12.8. The Morgan fingerprint density at radius 2 is 1.96 bits per heavy atom. The lowest BCUT2D eigenvalue weighted by Crippen LogP contribution is -2.42. The highest BCUT2D eigenvalue weighted by atomic mass is 35.5. The molecule has 0 aliphatic rings. The second kappa shape index (κ2) is 6.52. The van der Waals surface area contributed by atoms with Crippen molar-refractivity contribution in [2.24, 2.45) is 5.41 Å². The van der Waals surface area contributed by atoms with Crippen LogP contribution in [0.2, 0.25) is 5.02 Å². The number of rotatable bonds is 3. The first-order valence-corrected chi connectivity index (χ1v) is 8.69. The predicted molar refractivity (Wildman–Crippen MR) is 102 cm³/mol. The number of halogens is 1. The molecule has 0 fully saturated rings. The molecule has 5 heteroatoms. The average molecular weight is 356 g/mol. The van der Waals surface area contributed by atoms with Crippen LogP contribution in [0.25, 0.3) is 16.8 Å². The number of aromatic nitrogens is 2. The number of pyridine rings is 1. The fraction of sp³-hybridized carbons (Fsp3) is 0.300. The van der Waals surface area contributed by atoms with Crippen molar-refractivity contribution >= 4 is 23.0 Å². The Morgan fingerprint density at radius 3 is 2.64 bits per heavy atom. The fourth-order valence-electron chi connectivity index (χ4n) is 2.52. The molecule has 3 rings (SSSR count). The summed E-state index contributed by atoms with van der Waals surface area (Å²) in [5.41, 5.74) is 2.48. The van der Waals surface area contributed by atoms with E-state index in [0.29, 0.717) is 10.8 Å². The predicted octanol–water partition coefficient (Wildman–Crippen LogP) is 4.82. The van der Waals surface area contributed by atoms with Crippen LogP contribution in [0.4, 0.5) is 0 Å². The molecule has 0 bridgehead atoms. The van der Waals surface area contributed by atoms with Crippen LogP contribution in [0.5, 0.6) is 0 Å². The van der Waals surface area contributed by atoms with E-state index in [9.17, 15) is 4.79 Å². The van der Waals surface area contributed by atoms with Gasteiger partial charge in [0.05, 0.1) is 11.2 Å². The van der Waals surface area contributed by atoms with Crippen LogP contribution in [0.1, 0.15) is 38.3 Å². The number of carbonyl (C=O) groups is 1. The molecule has 0 spiro atoms. The van der Waals surface area contributed by atoms with Crippen molar-refractivity contribution in [3.63, 3.8) is 0 Å². The lowest BCUT2D eigenvalue weighted by Gasteiger charge is -2.27. The first-order valence-electron chi connectivity index (χ1n) is 8.31. The summed E-state index contributed by atoms with van der Waals surface area (Å²) < 4.78 is 1.82. The van der Waals surface area contributed by atoms with Crippen molar-refractivity contribution in [2.45, 2.75) is 33.7 Å². The standard InChI is InChI=1S/C20H22ClN3O/c1-13(20(2,3)4)22-19(25)18-23-17(14-8-7-9-15(21)12-14)16-10-5-6-11-24(16)18/h5-13H,1-4H3,(H,22,25). The largest absolute Gasteiger partial charge is 0.346 e. The van der Waals surface area contributed by atoms with E-state index >= 15 is 0 Å². The van der Waals surface area contributed by atoms with Gasteiger partial charge in [0.15, 0.2) is 0 Å². The molecule has 0 saturated carbocycles. The van der Waals surface area contributed by atoms with E-state index in [2.05, 4.69) is 31.1 Å². The molecule has 3 aromatic rings. The molecular formula is C20H22ClN3O. The van der Waals surface area contributed by atoms with Gasteiger partial charge in [-0.25, -0.2) is 4.98 Å². The van der Waals surface area contributed by atoms with E-state index in [4.69, 9.17) is 11.6 Å². The Labute approximate surface area is 152 Å². The van der Waals surface area contributed by atoms with E-state index in [1.54, 1.807) is 0 Å². The van der Waals surface area contributed by atoms with Gasteiger partial charge in [0.1, 0.15) is 0 Å². The van der Waals surface area contributed by atoms with E-state index in [1.807, 2.05) is 60.0 Å². The number of carbonyl (C=O) groups excluding carboxylic acids is 1. The third-order valence-electron chi connectivity index (χ3n) is 4.50. The van der Waals surface area contributed by atoms with Gasteiger partial charge in [0.25, 0.3) is 5.91 Å². The third-order valence-corrected chi connectivity index (χ3v) is 4.73. The second-order valence-electron chi connectivity index (χ2n) is 7.31. The second-order valence-corrected chi connectivity index (χ2v) is 7.75. The highest BCUT2D eigenvalue weighted by Gasteiger charge is 2.25. The van der Waals surface area contributed by atoms with E-state index in [1.165, 1.54) is 0 Å². The molecule has 4 nitrogen and oxygen atoms in total. The van der Waals surface area contributed by atoms with Gasteiger partial charge in [-0.05, 0) is 36.6 Å². The summed E-state index contributed by atoms with van der Waals surface area (Å²) in [6.07, 6.45) is 1.85. The summed E-state index contributed by atoms with van der Waals surface area (Å²) in [7, 11) is 0. The van der Waals surface area contributed by atoms with Crippen LogP contribution in [-0.4, -0.2) is 21.3 Å². The van der Waals surface area contributed by atoms with E-state index < -0.39 is 0 Å². The topological polar surface area (TPSA) is 46.4 Å². The van der Waals surface area contributed by atoms with Crippen LogP contribution >= 0.6 is 11.6 Å². The highest BCUT2D eigenvalue weighted by Crippen LogP contribution is 2.27. The first kappa shape index (κ1) is 17.5. The number of fused-ring (bicyclic) bond motifs is 1. The SMILES string of the molecule is CC(NC(=O)c1nc(-c2cccc(Cl)c2)c2ccccn12)C(C)(C)C. The van der Waals surface area contributed by atoms with Gasteiger partial charge in [-0.1, -0.05) is 50.6 Å². The minimum Gasteiger partial charge on any atom is -0.346 e. The summed E-state index contributed by atoms with van der Waals surface area (Å²) in [6.45, 7) is 8.29. The lowest BCUT2D eigenvalue weighted by molar-refractivity contribution is 0.0899. The maximum absolute atomic E-state index is 12.8. The number of nitrogens with zero attached hydrogens (tertiary/aromatic N) is 2. The Bertz CT molecular complexity index is 924. The van der Waals surface area contributed by atoms with Gasteiger partial charge in [-0.2, -0.15) is 0 Å². The number of hydrogen-bond acceptors (Lipinski definition) is 2. The van der Waals surface area contributed by atoms with E-state index in [0.717, 1.165) is 16.8 Å². The zero-order chi connectivity index (χ0) is 18.2. The molecule has 2 heterocycles. The summed E-state index contributed by atoms with van der Waals surface area (Å²) >= 11 is 6.12. The molecule has 0 radical (unpaired) electrons. The minimum absolute atomic E-state index is 0.0191. The van der Waals surface area contributed by atoms with E-state index in [-0.39, 0.29) is 17.4 Å². The molecule has 25 heavy (non-hydrogen) atoms. The van der Waals surface area contributed by atoms with Gasteiger partial charge in [-0.15, -0.1) is 0 Å². The fourth-order valence-corrected chi connectivity index (χ4v) is 2.71. The van der Waals surface area contributed by atoms with Crippen molar-refractivity contribution in [1.82, 2.24) is 14.7 Å². The number of hydrogen-bond donors (Lipinski definition) is 1. The smallest absolute Gasteiger partial charge is 0.287 e. The Morgan fingerprint density at radius 1 is 1.20 bits per heavy atom. The zero-order valence-corrected chi connectivity index (χ0v) is 15.6. The van der Waals surface area contributed by atoms with Crippen molar-refractivity contribution in [2.75, 3.05) is 0 Å². The van der Waals surface area contributed by atoms with Crippen LogP contribution in [0.15, 0.2) is 48.7 Å². The monoisotopic (exact) mass is 355 g/mol. The molecule has 1 amide bonds. The number of amides is 1. The van der Waals surface area contributed by atoms with Crippen LogP contribution in [0.3, 0.4) is 0 Å². The molecule has 1 aromatic carbocycles. The quantitative estimate of drug-likeness (QED) is 0.732. The van der Waals surface area contributed by atoms with Crippen molar-refractivity contribution in [3.8, 4) is 11.3 Å². The van der Waals surface area contributed by atoms with Crippen molar-refractivity contribution in [1.29, 1.82) is 0 Å². The summed E-state index contributed by atoms with van der Waals surface area (Å²) in [5, 5.41) is 3.70. The van der Waals surface area contributed by atoms with Crippen LogP contribution < -0.4 is 5.32 Å². The minimum atomic E-state index is -0.183. The molecule has 0 saturated heterocycles. The molecule has 1 N–H and O–H groups in total. The van der Waals surface area contributed by atoms with Gasteiger partial charge in [-0.3, -0.25) is 9.20 Å². The summed E-state index contributed by atoms with van der Waals surface area (Å²) in [5.74, 6) is 0.193. The summed E-state index contributed by atoms with van der Waals surface area (Å²) in [4.78, 5) is 17.4. The third kappa shape index (κ3) is 3.54. The molecule has 0 aliphatic heterocycles. The summed E-state index contributed by atoms with van der Waals surface area (Å²) in [6, 6.07) is 13.3. The Balaban J connectivity index is 2.07. The normalized spacial score (nSPS) is 13.0. The zero-order valence-electron chi connectivity index (χ0n) is 14.9. The van der Waals surface area contributed by atoms with Crippen LogP contribution in [-0.2, 0) is 0 Å². The number of imidazole rings is 1. The molecular weight excluding hydrogens is 334 g/mol. The Hall–Kier alpha value is -2.33. The maximum Gasteiger partial charge on any atom is 0.287 e. The van der Waals surface area contributed by atoms with Gasteiger partial charge >= 0.3 is 0 Å². The lowest BCUT2D eigenvalue weighted by atomic mass is 9.88. The Kier molecular flexibility index (Phi) is 4.56. The van der Waals surface area contributed by atoms with Gasteiger partial charge in [0, 0.05) is 22.8 Å². The van der Waals surface area contributed by atoms with Gasteiger partial charge in [0.2, 0.25) is 5.82 Å². The first-order chi connectivity index (χ1) is 11.8. The molecule has 2 aromatic heterocycles. The van der Waals surface area contributed by atoms with Crippen molar-refractivity contribution in [3.05, 3.63) is 59.5 Å². The molecule has 1 atom stereocenters. The average Bonchev–Trinajstić information content (AvgIpc) is 2.93. The number of nitrogens with one attached hydrogen (secondary N) is 1. The van der Waals surface area contributed by atoms with Gasteiger partial charge < -0.3 is 5.32 Å². The highest BCUT2D eigenvalue weighted by molar-refractivity contribution is 6.30. The van der Waals surface area contributed by atoms with Crippen LogP contribution in [0, 0.1) is 5.41 Å². The molecule has 130 valence electrons. The number of benzene rings is 1. The molecule has 0 aliphatic carbocycles. The van der Waals surface area contributed by atoms with Crippen molar-refractivity contribution < 1.29 is 4.79 Å². The molecule has 1 unspecified atom stereocenters.